The van der Waals surface area contributed by atoms with Gasteiger partial charge in [-0.05, 0) is 49.1 Å². The van der Waals surface area contributed by atoms with Crippen LogP contribution in [0.3, 0.4) is 0 Å². The summed E-state index contributed by atoms with van der Waals surface area (Å²) in [6.45, 7) is 3.14. The summed E-state index contributed by atoms with van der Waals surface area (Å²) in [6, 6.07) is 16.1. The standard InChI is InChI=1S/C21H26N2O3S/c1-2-20(17-9-5-3-6-10-17)21(24)22-18-11-13-19(14-12-18)27(25,26)23-15-7-4-8-16-23/h3,5-6,9-14,20H,2,4,7-8,15-16H2,1H3,(H,22,24)/t20-/m1/s1. The summed E-state index contributed by atoms with van der Waals surface area (Å²) in [5.74, 6) is -0.321. The summed E-state index contributed by atoms with van der Waals surface area (Å²) >= 11 is 0. The number of piperidine rings is 1. The van der Waals surface area contributed by atoms with Gasteiger partial charge >= 0.3 is 0 Å². The van der Waals surface area contributed by atoms with E-state index in [-0.39, 0.29) is 16.7 Å². The fourth-order valence-corrected chi connectivity index (χ4v) is 4.97. The van der Waals surface area contributed by atoms with E-state index >= 15 is 0 Å². The first-order chi connectivity index (χ1) is 13.0. The molecule has 5 nitrogen and oxygen atoms in total. The van der Waals surface area contributed by atoms with Crippen LogP contribution in [0.1, 0.15) is 44.1 Å². The molecule has 0 aliphatic carbocycles. The summed E-state index contributed by atoms with van der Waals surface area (Å²) in [7, 11) is -3.45. The number of carbonyl (C=O) groups excluding carboxylic acids is 1. The maximum absolute atomic E-state index is 12.7. The highest BCUT2D eigenvalue weighted by Crippen LogP contribution is 2.24. The largest absolute Gasteiger partial charge is 0.326 e. The lowest BCUT2D eigenvalue weighted by Crippen LogP contribution is -2.35. The van der Waals surface area contributed by atoms with Crippen molar-refractivity contribution in [3.8, 4) is 0 Å². The second-order valence-corrected chi connectivity index (χ2v) is 8.79. The highest BCUT2D eigenvalue weighted by atomic mass is 32.2. The second kappa shape index (κ2) is 8.67. The lowest BCUT2D eigenvalue weighted by Gasteiger charge is -2.25. The number of benzene rings is 2. The third kappa shape index (κ3) is 4.57. The van der Waals surface area contributed by atoms with Gasteiger partial charge in [-0.25, -0.2) is 8.42 Å². The Bertz CT molecular complexity index is 858. The molecule has 0 radical (unpaired) electrons. The summed E-state index contributed by atoms with van der Waals surface area (Å²) in [5, 5.41) is 2.90. The number of nitrogens with zero attached hydrogens (tertiary/aromatic N) is 1. The van der Waals surface area contributed by atoms with E-state index in [4.69, 9.17) is 0 Å². The maximum atomic E-state index is 12.7. The van der Waals surface area contributed by atoms with Crippen LogP contribution in [0.4, 0.5) is 5.69 Å². The SMILES string of the molecule is CC[C@@H](C(=O)Nc1ccc(S(=O)(=O)N2CCCCC2)cc1)c1ccccc1. The number of amides is 1. The minimum absolute atomic E-state index is 0.0877. The number of rotatable bonds is 6. The van der Waals surface area contributed by atoms with Crippen molar-refractivity contribution in [2.75, 3.05) is 18.4 Å². The Morgan fingerprint density at radius 1 is 1.00 bits per heavy atom. The molecule has 1 amide bonds. The van der Waals surface area contributed by atoms with Crippen molar-refractivity contribution in [1.29, 1.82) is 0 Å². The molecule has 27 heavy (non-hydrogen) atoms. The van der Waals surface area contributed by atoms with Crippen LogP contribution in [-0.4, -0.2) is 31.7 Å². The van der Waals surface area contributed by atoms with Crippen molar-refractivity contribution in [1.82, 2.24) is 4.31 Å². The van der Waals surface area contributed by atoms with Crippen molar-refractivity contribution >= 4 is 21.6 Å². The van der Waals surface area contributed by atoms with Crippen molar-refractivity contribution in [3.63, 3.8) is 0 Å². The Balaban J connectivity index is 1.71. The molecule has 2 aromatic rings. The normalized spacial score (nSPS) is 16.6. The van der Waals surface area contributed by atoms with Crippen LogP contribution >= 0.6 is 0 Å². The molecule has 1 aliphatic heterocycles. The average molecular weight is 387 g/mol. The van der Waals surface area contributed by atoms with Crippen molar-refractivity contribution in [2.45, 2.75) is 43.4 Å². The van der Waals surface area contributed by atoms with Gasteiger partial charge in [0.05, 0.1) is 10.8 Å². The number of hydrogen-bond acceptors (Lipinski definition) is 3. The molecule has 2 aromatic carbocycles. The molecule has 1 N–H and O–H groups in total. The second-order valence-electron chi connectivity index (χ2n) is 6.85. The lowest BCUT2D eigenvalue weighted by atomic mass is 9.95. The third-order valence-electron chi connectivity index (χ3n) is 5.00. The Morgan fingerprint density at radius 2 is 1.63 bits per heavy atom. The molecule has 1 aliphatic rings. The first-order valence-electron chi connectivity index (χ1n) is 9.48. The Kier molecular flexibility index (Phi) is 6.29. The van der Waals surface area contributed by atoms with E-state index in [1.165, 1.54) is 0 Å². The molecule has 1 heterocycles. The first-order valence-corrected chi connectivity index (χ1v) is 10.9. The molecular formula is C21H26N2O3S. The third-order valence-corrected chi connectivity index (χ3v) is 6.91. The van der Waals surface area contributed by atoms with Crippen molar-refractivity contribution < 1.29 is 13.2 Å². The smallest absolute Gasteiger partial charge is 0.243 e. The minimum atomic E-state index is -3.45. The van der Waals surface area contributed by atoms with Gasteiger partial charge < -0.3 is 5.32 Å². The monoisotopic (exact) mass is 386 g/mol. The highest BCUT2D eigenvalue weighted by Gasteiger charge is 2.26. The molecule has 6 heteroatoms. The van der Waals surface area contributed by atoms with Crippen LogP contribution in [0.15, 0.2) is 59.5 Å². The van der Waals surface area contributed by atoms with E-state index in [2.05, 4.69) is 5.32 Å². The molecule has 1 saturated heterocycles. The Labute approximate surface area is 161 Å². The van der Waals surface area contributed by atoms with Crippen LogP contribution in [0.5, 0.6) is 0 Å². The van der Waals surface area contributed by atoms with E-state index in [1.807, 2.05) is 37.3 Å². The zero-order chi connectivity index (χ0) is 19.3. The Hall–Kier alpha value is -2.18. The summed E-state index contributed by atoms with van der Waals surface area (Å²) in [4.78, 5) is 12.9. The number of nitrogens with one attached hydrogen (secondary N) is 1. The zero-order valence-electron chi connectivity index (χ0n) is 15.6. The van der Waals surface area contributed by atoms with Crippen molar-refractivity contribution in [3.05, 3.63) is 60.2 Å². The van der Waals surface area contributed by atoms with E-state index in [0.29, 0.717) is 25.2 Å². The van der Waals surface area contributed by atoms with Gasteiger partial charge in [0.1, 0.15) is 0 Å². The van der Waals surface area contributed by atoms with Gasteiger partial charge in [0.15, 0.2) is 0 Å². The van der Waals surface area contributed by atoms with Crippen LogP contribution in [0.2, 0.25) is 0 Å². The quantitative estimate of drug-likeness (QED) is 0.816. The minimum Gasteiger partial charge on any atom is -0.326 e. The molecule has 144 valence electrons. The molecule has 1 fully saturated rings. The van der Waals surface area contributed by atoms with Gasteiger partial charge in [0.25, 0.3) is 0 Å². The lowest BCUT2D eigenvalue weighted by molar-refractivity contribution is -0.117. The van der Waals surface area contributed by atoms with Gasteiger partial charge in [-0.15, -0.1) is 0 Å². The van der Waals surface area contributed by atoms with Crippen LogP contribution in [0.25, 0.3) is 0 Å². The summed E-state index contributed by atoms with van der Waals surface area (Å²) < 4.78 is 26.9. The number of anilines is 1. The topological polar surface area (TPSA) is 66.5 Å². The molecule has 0 aromatic heterocycles. The van der Waals surface area contributed by atoms with E-state index in [0.717, 1.165) is 24.8 Å². The molecule has 0 unspecified atom stereocenters. The predicted octanol–water partition coefficient (Wildman–Crippen LogP) is 3.99. The molecule has 3 rings (SSSR count). The average Bonchev–Trinajstić information content (AvgIpc) is 2.70. The van der Waals surface area contributed by atoms with Gasteiger partial charge in [-0.2, -0.15) is 4.31 Å². The number of sulfonamides is 1. The van der Waals surface area contributed by atoms with Gasteiger partial charge in [-0.3, -0.25) is 4.79 Å². The summed E-state index contributed by atoms with van der Waals surface area (Å²) in [5.41, 5.74) is 1.58. The molecular weight excluding hydrogens is 360 g/mol. The van der Waals surface area contributed by atoms with E-state index in [9.17, 15) is 13.2 Å². The Morgan fingerprint density at radius 3 is 2.22 bits per heavy atom. The molecule has 0 spiro atoms. The highest BCUT2D eigenvalue weighted by molar-refractivity contribution is 7.89. The predicted molar refractivity (Wildman–Crippen MR) is 107 cm³/mol. The van der Waals surface area contributed by atoms with Crippen LogP contribution < -0.4 is 5.32 Å². The fourth-order valence-electron chi connectivity index (χ4n) is 3.45. The van der Waals surface area contributed by atoms with E-state index in [1.54, 1.807) is 28.6 Å². The molecule has 0 saturated carbocycles. The van der Waals surface area contributed by atoms with Crippen LogP contribution in [-0.2, 0) is 14.8 Å². The van der Waals surface area contributed by atoms with E-state index < -0.39 is 10.0 Å². The maximum Gasteiger partial charge on any atom is 0.243 e. The zero-order valence-corrected chi connectivity index (χ0v) is 16.4. The molecule has 0 bridgehead atoms. The fraction of sp³-hybridized carbons (Fsp3) is 0.381. The van der Waals surface area contributed by atoms with Gasteiger partial charge in [-0.1, -0.05) is 43.7 Å². The van der Waals surface area contributed by atoms with Gasteiger partial charge in [0, 0.05) is 18.8 Å². The first kappa shape index (κ1) is 19.6. The summed E-state index contributed by atoms with van der Waals surface area (Å²) in [6.07, 6.45) is 3.59. The number of carbonyl (C=O) groups is 1. The van der Waals surface area contributed by atoms with Crippen LogP contribution in [0, 0.1) is 0 Å². The van der Waals surface area contributed by atoms with Crippen molar-refractivity contribution in [2.24, 2.45) is 0 Å². The number of hydrogen-bond donors (Lipinski definition) is 1. The van der Waals surface area contributed by atoms with Gasteiger partial charge in [0.2, 0.25) is 15.9 Å². The molecule has 1 atom stereocenters.